The molecule has 63 heavy (non-hydrogen) atoms. The summed E-state index contributed by atoms with van der Waals surface area (Å²) in [6, 6.07) is 85.8. The zero-order valence-electron chi connectivity index (χ0n) is 34.3. The highest BCUT2D eigenvalue weighted by Crippen LogP contribution is 2.67. The second kappa shape index (κ2) is 12.7. The molecule has 2 nitrogen and oxygen atoms in total. The van der Waals surface area contributed by atoms with Crippen LogP contribution in [0.4, 0.5) is 0 Å². The maximum atomic E-state index is 5.53. The molecule has 292 valence electrons. The molecular weight excluding hydrogens is 761 g/mol. The van der Waals surface area contributed by atoms with Crippen LogP contribution in [0.5, 0.6) is 0 Å². The third kappa shape index (κ3) is 4.39. The summed E-state index contributed by atoms with van der Waals surface area (Å²) >= 11 is 0. The van der Waals surface area contributed by atoms with E-state index in [1.807, 2.05) is 0 Å². The van der Waals surface area contributed by atoms with Crippen molar-refractivity contribution in [1.82, 2.24) is 9.55 Å². The zero-order chi connectivity index (χ0) is 41.3. The second-order valence-electron chi connectivity index (χ2n) is 17.3. The fraction of sp³-hybridized carbons (Fsp3) is 0.0328. The predicted molar refractivity (Wildman–Crippen MR) is 258 cm³/mol. The topological polar surface area (TPSA) is 17.8 Å². The molecule has 0 saturated heterocycles. The molecule has 9 aromatic carbocycles. The van der Waals surface area contributed by atoms with Crippen LogP contribution in [0.15, 0.2) is 231 Å². The number of nitrogens with zero attached hydrogens (tertiary/aromatic N) is 2. The fourth-order valence-electron chi connectivity index (χ4n) is 12.1. The van der Waals surface area contributed by atoms with E-state index in [4.69, 9.17) is 4.98 Å². The molecule has 2 heteroatoms. The van der Waals surface area contributed by atoms with Gasteiger partial charge in [-0.1, -0.05) is 200 Å². The van der Waals surface area contributed by atoms with Crippen molar-refractivity contribution in [2.24, 2.45) is 0 Å². The van der Waals surface area contributed by atoms with Gasteiger partial charge >= 0.3 is 0 Å². The van der Waals surface area contributed by atoms with E-state index in [1.54, 1.807) is 0 Å². The van der Waals surface area contributed by atoms with E-state index in [9.17, 15) is 0 Å². The molecule has 0 amide bonds. The maximum Gasteiger partial charge on any atom is 0.138 e. The van der Waals surface area contributed by atoms with E-state index < -0.39 is 10.8 Å². The Bertz CT molecular complexity index is 3530. The van der Waals surface area contributed by atoms with Crippen LogP contribution in [0.3, 0.4) is 0 Å². The first-order valence-electron chi connectivity index (χ1n) is 22.0. The lowest BCUT2D eigenvalue weighted by molar-refractivity contribution is 0.633. The Labute approximate surface area is 366 Å². The second-order valence-corrected chi connectivity index (χ2v) is 17.3. The van der Waals surface area contributed by atoms with Crippen molar-refractivity contribution in [2.75, 3.05) is 0 Å². The first kappa shape index (κ1) is 34.6. The van der Waals surface area contributed by atoms with Gasteiger partial charge in [-0.05, 0) is 108 Å². The van der Waals surface area contributed by atoms with Crippen molar-refractivity contribution in [3.05, 3.63) is 275 Å². The van der Waals surface area contributed by atoms with Gasteiger partial charge in [0.25, 0.3) is 0 Å². The van der Waals surface area contributed by atoms with E-state index >= 15 is 0 Å². The molecule has 2 heterocycles. The number of aromatic nitrogens is 2. The summed E-state index contributed by atoms with van der Waals surface area (Å²) in [5, 5.41) is 2.43. The molecule has 0 fully saturated rings. The fourth-order valence-corrected chi connectivity index (χ4v) is 12.1. The minimum absolute atomic E-state index is 0.488. The summed E-state index contributed by atoms with van der Waals surface area (Å²) in [4.78, 5) is 5.53. The van der Waals surface area contributed by atoms with Gasteiger partial charge in [-0.25, -0.2) is 4.98 Å². The van der Waals surface area contributed by atoms with Gasteiger partial charge in [0.1, 0.15) is 5.82 Å². The SMILES string of the molecule is c1ccc(-c2cc(-c3ccccc3)nc(-n3c4ccccc4c4cc5c(cc43)C3(c4ccccc4-5)c4ccccc4C4(c5ccccc5-c5ccccc54)c4ccccc43)c2)cc1. The maximum absolute atomic E-state index is 5.53. The summed E-state index contributed by atoms with van der Waals surface area (Å²) in [6.45, 7) is 0. The molecule has 0 bridgehead atoms. The largest absolute Gasteiger partial charge is 0.294 e. The number of fused-ring (bicyclic) bond motifs is 19. The van der Waals surface area contributed by atoms with Crippen LogP contribution >= 0.6 is 0 Å². The number of para-hydroxylation sites is 1. The Kier molecular flexibility index (Phi) is 7.00. The molecule has 0 atom stereocenters. The lowest BCUT2D eigenvalue weighted by Crippen LogP contribution is -2.43. The number of rotatable bonds is 3. The van der Waals surface area contributed by atoms with Crippen LogP contribution in [-0.4, -0.2) is 9.55 Å². The molecule has 14 rings (SSSR count). The van der Waals surface area contributed by atoms with Crippen molar-refractivity contribution in [1.29, 1.82) is 0 Å². The van der Waals surface area contributed by atoms with E-state index in [-0.39, 0.29) is 0 Å². The van der Waals surface area contributed by atoms with Gasteiger partial charge in [-0.3, -0.25) is 4.57 Å². The average Bonchev–Trinajstić information content (AvgIpc) is 3.95. The van der Waals surface area contributed by atoms with Gasteiger partial charge in [-0.15, -0.1) is 0 Å². The highest BCUT2D eigenvalue weighted by Gasteiger charge is 2.59. The van der Waals surface area contributed by atoms with Crippen LogP contribution in [0.1, 0.15) is 44.5 Å². The van der Waals surface area contributed by atoms with Gasteiger partial charge < -0.3 is 0 Å². The first-order valence-corrected chi connectivity index (χ1v) is 22.0. The number of hydrogen-bond acceptors (Lipinski definition) is 1. The van der Waals surface area contributed by atoms with Crippen molar-refractivity contribution in [3.8, 4) is 50.5 Å². The Hall–Kier alpha value is -8.07. The van der Waals surface area contributed by atoms with Crippen LogP contribution in [0, 0.1) is 0 Å². The predicted octanol–water partition coefficient (Wildman–Crippen LogP) is 14.6. The van der Waals surface area contributed by atoms with Crippen molar-refractivity contribution in [3.63, 3.8) is 0 Å². The standard InChI is InChI=1S/C61H38N2/c1-3-19-39(20-4-1)41-35-56(40-21-5-2-6-22-40)62-59(36-41)63-57-34-18-10-26-45(57)47-37-46-44-25-9-13-29-50(44)61(55(46)38-58(47)63)53-32-16-14-30-51(53)60(52-31-15-17-33-54(52)61)48-27-11-7-23-42(48)43-24-8-12-28-49(43)60/h1-38H. The number of pyridine rings is 1. The first-order chi connectivity index (χ1) is 31.3. The van der Waals surface area contributed by atoms with Crippen LogP contribution < -0.4 is 0 Å². The van der Waals surface area contributed by atoms with E-state index in [0.29, 0.717) is 0 Å². The molecule has 2 aromatic heterocycles. The minimum atomic E-state index is -0.596. The number of benzene rings is 9. The molecule has 0 unspecified atom stereocenters. The highest BCUT2D eigenvalue weighted by atomic mass is 15.1. The quantitative estimate of drug-likeness (QED) is 0.174. The lowest BCUT2D eigenvalue weighted by Gasteiger charge is -2.48. The summed E-state index contributed by atoms with van der Waals surface area (Å²) < 4.78 is 2.42. The number of hydrogen-bond donors (Lipinski definition) is 0. The van der Waals surface area contributed by atoms with E-state index in [2.05, 4.69) is 235 Å². The Morgan fingerprint density at radius 1 is 0.286 bits per heavy atom. The molecule has 0 saturated carbocycles. The monoisotopic (exact) mass is 798 g/mol. The summed E-state index contributed by atoms with van der Waals surface area (Å²) in [7, 11) is 0. The Morgan fingerprint density at radius 2 is 0.730 bits per heavy atom. The van der Waals surface area contributed by atoms with Gasteiger partial charge in [0.05, 0.1) is 27.6 Å². The zero-order valence-corrected chi connectivity index (χ0v) is 34.3. The molecule has 2 spiro atoms. The third-order valence-corrected chi connectivity index (χ3v) is 14.5. The van der Waals surface area contributed by atoms with E-state index in [0.717, 1.165) is 39.2 Å². The smallest absolute Gasteiger partial charge is 0.138 e. The van der Waals surface area contributed by atoms with Crippen LogP contribution in [-0.2, 0) is 10.8 Å². The van der Waals surface area contributed by atoms with E-state index in [1.165, 1.54) is 77.5 Å². The Balaban J connectivity index is 1.12. The van der Waals surface area contributed by atoms with Gasteiger partial charge in [0, 0.05) is 16.3 Å². The molecular formula is C61H38N2. The van der Waals surface area contributed by atoms with Crippen LogP contribution in [0.2, 0.25) is 0 Å². The third-order valence-electron chi connectivity index (χ3n) is 14.5. The lowest BCUT2D eigenvalue weighted by atomic mass is 9.52. The Morgan fingerprint density at radius 3 is 1.30 bits per heavy atom. The highest BCUT2D eigenvalue weighted by molar-refractivity contribution is 6.12. The van der Waals surface area contributed by atoms with Crippen molar-refractivity contribution >= 4 is 21.8 Å². The van der Waals surface area contributed by atoms with Crippen molar-refractivity contribution in [2.45, 2.75) is 10.8 Å². The van der Waals surface area contributed by atoms with Gasteiger partial charge in [0.2, 0.25) is 0 Å². The summed E-state index contributed by atoms with van der Waals surface area (Å²) in [5.41, 5.74) is 21.4. The van der Waals surface area contributed by atoms with Gasteiger partial charge in [0.15, 0.2) is 0 Å². The molecule has 0 radical (unpaired) electrons. The molecule has 11 aromatic rings. The molecule has 0 N–H and O–H groups in total. The molecule has 0 aliphatic heterocycles. The van der Waals surface area contributed by atoms with Gasteiger partial charge in [-0.2, -0.15) is 0 Å². The summed E-state index contributed by atoms with van der Waals surface area (Å²) in [5.74, 6) is 0.897. The summed E-state index contributed by atoms with van der Waals surface area (Å²) in [6.07, 6.45) is 0. The molecule has 3 aliphatic rings. The minimum Gasteiger partial charge on any atom is -0.294 e. The normalized spacial score (nSPS) is 14.3. The van der Waals surface area contributed by atoms with Crippen LogP contribution in [0.25, 0.3) is 72.3 Å². The van der Waals surface area contributed by atoms with Crippen molar-refractivity contribution < 1.29 is 0 Å². The molecule has 3 aliphatic carbocycles. The average molecular weight is 799 g/mol.